The van der Waals surface area contributed by atoms with Gasteiger partial charge in [0.15, 0.2) is 15.7 Å². The summed E-state index contributed by atoms with van der Waals surface area (Å²) in [6.45, 7) is 0. The van der Waals surface area contributed by atoms with Gasteiger partial charge in [0, 0.05) is 0 Å². The van der Waals surface area contributed by atoms with Gasteiger partial charge in [-0.3, -0.25) is 5.10 Å². The third-order valence-corrected chi connectivity index (χ3v) is 6.18. The van der Waals surface area contributed by atoms with Gasteiger partial charge in [-0.05, 0) is 24.3 Å². The van der Waals surface area contributed by atoms with Crippen LogP contribution in [0.2, 0.25) is 0 Å². The van der Waals surface area contributed by atoms with Crippen molar-refractivity contribution in [2.45, 2.75) is 24.5 Å². The summed E-state index contributed by atoms with van der Waals surface area (Å²) in [5.74, 6) is 1.33. The Bertz CT molecular complexity index is 631. The van der Waals surface area contributed by atoms with Gasteiger partial charge in [0.05, 0.1) is 10.6 Å². The van der Waals surface area contributed by atoms with E-state index in [0.717, 1.165) is 17.7 Å². The summed E-state index contributed by atoms with van der Waals surface area (Å²) in [5.41, 5.74) is 0. The third kappa shape index (κ3) is 2.08. The molecule has 2 aromatic rings. The van der Waals surface area contributed by atoms with Crippen molar-refractivity contribution in [3.63, 3.8) is 0 Å². The quantitative estimate of drug-likeness (QED) is 0.916. The Hall–Kier alpha value is -1.21. The number of H-pyrrole nitrogens is 1. The van der Waals surface area contributed by atoms with E-state index in [1.807, 2.05) is 17.5 Å². The smallest absolute Gasteiger partial charge is 0.191 e. The molecule has 1 aliphatic rings. The van der Waals surface area contributed by atoms with Crippen LogP contribution >= 0.6 is 11.3 Å². The normalized spacial score (nSPS) is 23.0. The van der Waals surface area contributed by atoms with Gasteiger partial charge in [-0.1, -0.05) is 12.5 Å². The van der Waals surface area contributed by atoms with Crippen LogP contribution in [0.3, 0.4) is 0 Å². The lowest BCUT2D eigenvalue weighted by Crippen LogP contribution is -2.22. The van der Waals surface area contributed by atoms with Crippen molar-refractivity contribution in [2.24, 2.45) is 0 Å². The molecule has 0 aromatic carbocycles. The molecule has 5 nitrogen and oxygen atoms in total. The number of thiophene rings is 1. The summed E-state index contributed by atoms with van der Waals surface area (Å²) in [7, 11) is -3.06. The van der Waals surface area contributed by atoms with E-state index in [1.54, 1.807) is 11.3 Å². The van der Waals surface area contributed by atoms with Crippen LogP contribution in [0.4, 0.5) is 0 Å². The average Bonchev–Trinajstić information content (AvgIpc) is 2.99. The molecule has 18 heavy (non-hydrogen) atoms. The number of hydrogen-bond acceptors (Lipinski definition) is 5. The molecule has 1 aliphatic heterocycles. The molecule has 1 fully saturated rings. The Morgan fingerprint density at radius 1 is 1.39 bits per heavy atom. The Kier molecular flexibility index (Phi) is 2.95. The fourth-order valence-electron chi connectivity index (χ4n) is 2.20. The minimum atomic E-state index is -3.06. The standard InChI is InChI=1S/C11H13N3O2S2/c15-18(16)7-2-1-5-9(18)11-12-10(13-14-11)8-4-3-6-17-8/h3-4,6,9H,1-2,5,7H2,(H,12,13,14). The van der Waals surface area contributed by atoms with E-state index < -0.39 is 15.1 Å². The van der Waals surface area contributed by atoms with E-state index in [4.69, 9.17) is 0 Å². The van der Waals surface area contributed by atoms with E-state index in [2.05, 4.69) is 15.2 Å². The van der Waals surface area contributed by atoms with Gasteiger partial charge in [-0.15, -0.1) is 11.3 Å². The van der Waals surface area contributed by atoms with E-state index in [0.29, 0.717) is 18.1 Å². The molecule has 1 N–H and O–H groups in total. The van der Waals surface area contributed by atoms with E-state index in [1.165, 1.54) is 0 Å². The minimum Gasteiger partial charge on any atom is -0.262 e. The molecule has 0 amide bonds. The molecule has 0 saturated carbocycles. The molecule has 3 heterocycles. The van der Waals surface area contributed by atoms with Gasteiger partial charge in [-0.25, -0.2) is 13.4 Å². The largest absolute Gasteiger partial charge is 0.262 e. The number of sulfone groups is 1. The van der Waals surface area contributed by atoms with Crippen LogP contribution in [-0.4, -0.2) is 29.4 Å². The number of nitrogens with zero attached hydrogens (tertiary/aromatic N) is 2. The van der Waals surface area contributed by atoms with Crippen LogP contribution < -0.4 is 0 Å². The second-order valence-corrected chi connectivity index (χ2v) is 7.62. The molecule has 96 valence electrons. The van der Waals surface area contributed by atoms with Crippen LogP contribution in [0, 0.1) is 0 Å². The number of aromatic amines is 1. The van der Waals surface area contributed by atoms with Crippen molar-refractivity contribution in [1.82, 2.24) is 15.2 Å². The van der Waals surface area contributed by atoms with Crippen molar-refractivity contribution in [3.05, 3.63) is 23.3 Å². The zero-order chi connectivity index (χ0) is 12.6. The van der Waals surface area contributed by atoms with Gasteiger partial charge in [0.25, 0.3) is 0 Å². The first kappa shape index (κ1) is 11.9. The molecular weight excluding hydrogens is 270 g/mol. The van der Waals surface area contributed by atoms with E-state index in [9.17, 15) is 8.42 Å². The van der Waals surface area contributed by atoms with Crippen LogP contribution in [0.5, 0.6) is 0 Å². The number of nitrogens with one attached hydrogen (secondary N) is 1. The first-order valence-electron chi connectivity index (χ1n) is 5.84. The van der Waals surface area contributed by atoms with Crippen molar-refractivity contribution in [3.8, 4) is 10.7 Å². The Balaban J connectivity index is 1.94. The van der Waals surface area contributed by atoms with Gasteiger partial charge >= 0.3 is 0 Å². The van der Waals surface area contributed by atoms with Gasteiger partial charge < -0.3 is 0 Å². The lowest BCUT2D eigenvalue weighted by Gasteiger charge is -2.19. The van der Waals surface area contributed by atoms with Crippen LogP contribution in [-0.2, 0) is 9.84 Å². The summed E-state index contributed by atoms with van der Waals surface area (Å²) in [6, 6.07) is 3.85. The van der Waals surface area contributed by atoms with E-state index in [-0.39, 0.29) is 5.75 Å². The molecule has 1 atom stereocenters. The molecule has 0 spiro atoms. The highest BCUT2D eigenvalue weighted by atomic mass is 32.2. The molecule has 3 rings (SSSR count). The maximum Gasteiger partial charge on any atom is 0.191 e. The second-order valence-electron chi connectivity index (χ2n) is 4.37. The highest BCUT2D eigenvalue weighted by Crippen LogP contribution is 2.32. The summed E-state index contributed by atoms with van der Waals surface area (Å²) in [4.78, 5) is 5.29. The first-order chi connectivity index (χ1) is 8.67. The van der Waals surface area contributed by atoms with Crippen LogP contribution in [0.25, 0.3) is 10.7 Å². The minimum absolute atomic E-state index is 0.257. The summed E-state index contributed by atoms with van der Waals surface area (Å²) < 4.78 is 24.0. The molecule has 1 saturated heterocycles. The van der Waals surface area contributed by atoms with Gasteiger partial charge in [0.1, 0.15) is 11.1 Å². The SMILES string of the molecule is O=S1(=O)CCCCC1c1nc(-c2cccs2)n[nH]1. The zero-order valence-corrected chi connectivity index (χ0v) is 11.3. The summed E-state index contributed by atoms with van der Waals surface area (Å²) in [5, 5.41) is 8.34. The maximum absolute atomic E-state index is 12.0. The molecule has 2 aromatic heterocycles. The van der Waals surface area contributed by atoms with Gasteiger partial charge in [-0.2, -0.15) is 5.10 Å². The zero-order valence-electron chi connectivity index (χ0n) is 9.67. The van der Waals surface area contributed by atoms with Crippen molar-refractivity contribution < 1.29 is 8.42 Å². The lowest BCUT2D eigenvalue weighted by molar-refractivity contribution is 0.539. The Morgan fingerprint density at radius 3 is 3.00 bits per heavy atom. The van der Waals surface area contributed by atoms with E-state index >= 15 is 0 Å². The monoisotopic (exact) mass is 283 g/mol. The first-order valence-corrected chi connectivity index (χ1v) is 8.44. The highest BCUT2D eigenvalue weighted by molar-refractivity contribution is 7.91. The Morgan fingerprint density at radius 2 is 2.28 bits per heavy atom. The van der Waals surface area contributed by atoms with Gasteiger partial charge in [0.2, 0.25) is 0 Å². The highest BCUT2D eigenvalue weighted by Gasteiger charge is 2.32. The maximum atomic E-state index is 12.0. The summed E-state index contributed by atoms with van der Waals surface area (Å²) in [6.07, 6.45) is 2.32. The predicted molar refractivity (Wildman–Crippen MR) is 70.1 cm³/mol. The number of hydrogen-bond donors (Lipinski definition) is 1. The average molecular weight is 283 g/mol. The number of rotatable bonds is 2. The number of aromatic nitrogens is 3. The summed E-state index contributed by atoms with van der Waals surface area (Å²) >= 11 is 1.54. The fraction of sp³-hybridized carbons (Fsp3) is 0.455. The molecule has 0 bridgehead atoms. The second kappa shape index (κ2) is 4.47. The fourth-order valence-corrected chi connectivity index (χ4v) is 4.72. The molecule has 0 aliphatic carbocycles. The molecule has 1 unspecified atom stereocenters. The molecule has 0 radical (unpaired) electrons. The Labute approximate surface area is 109 Å². The van der Waals surface area contributed by atoms with Crippen LogP contribution in [0.1, 0.15) is 30.3 Å². The molecule has 7 heteroatoms. The third-order valence-electron chi connectivity index (χ3n) is 3.13. The molecular formula is C11H13N3O2S2. The van der Waals surface area contributed by atoms with Crippen molar-refractivity contribution in [1.29, 1.82) is 0 Å². The van der Waals surface area contributed by atoms with Crippen LogP contribution in [0.15, 0.2) is 17.5 Å². The predicted octanol–water partition coefficient (Wildman–Crippen LogP) is 2.17. The topological polar surface area (TPSA) is 75.7 Å². The lowest BCUT2D eigenvalue weighted by atomic mass is 10.2. The van der Waals surface area contributed by atoms with Crippen molar-refractivity contribution >= 4 is 21.2 Å². The van der Waals surface area contributed by atoms with Crippen molar-refractivity contribution in [2.75, 3.05) is 5.75 Å².